The van der Waals surface area contributed by atoms with Crippen LogP contribution in [0.5, 0.6) is 0 Å². The quantitative estimate of drug-likeness (QED) is 0.775. The standard InChI is InChI=1S/C17H12Cl3NO3/c1-8(15(22)9-2-4-10(18)5-3-9)17(24)12-6-11(19)7-13(20)14(12)21-16(17)23/h2-8,24H,1H3,(H,21,23). The maximum Gasteiger partial charge on any atom is 0.261 e. The molecule has 1 heterocycles. The Hall–Kier alpha value is -1.59. The van der Waals surface area contributed by atoms with Crippen LogP contribution >= 0.6 is 34.8 Å². The van der Waals surface area contributed by atoms with Crippen LogP contribution < -0.4 is 5.32 Å². The van der Waals surface area contributed by atoms with E-state index in [-0.39, 0.29) is 21.3 Å². The number of Topliss-reactive ketones (excluding diaryl/α,β-unsaturated/α-hetero) is 1. The summed E-state index contributed by atoms with van der Waals surface area (Å²) < 4.78 is 0. The Kier molecular flexibility index (Phi) is 4.34. The van der Waals surface area contributed by atoms with Gasteiger partial charge >= 0.3 is 0 Å². The summed E-state index contributed by atoms with van der Waals surface area (Å²) in [4.78, 5) is 25.1. The maximum atomic E-state index is 12.7. The highest BCUT2D eigenvalue weighted by Crippen LogP contribution is 2.46. The largest absolute Gasteiger partial charge is 0.375 e. The van der Waals surface area contributed by atoms with Crippen LogP contribution in [0.15, 0.2) is 36.4 Å². The predicted octanol–water partition coefficient (Wildman–Crippen LogP) is 4.31. The lowest BCUT2D eigenvalue weighted by molar-refractivity contribution is -0.137. The number of amides is 1. The molecule has 1 aliphatic heterocycles. The fraction of sp³-hybridized carbons (Fsp3) is 0.176. The lowest BCUT2D eigenvalue weighted by Crippen LogP contribution is -2.44. The van der Waals surface area contributed by atoms with E-state index in [0.717, 1.165) is 0 Å². The molecular weight excluding hydrogens is 373 g/mol. The van der Waals surface area contributed by atoms with Gasteiger partial charge in [0.05, 0.1) is 16.6 Å². The van der Waals surface area contributed by atoms with Crippen LogP contribution in [-0.4, -0.2) is 16.8 Å². The molecule has 2 unspecified atom stereocenters. The molecule has 1 amide bonds. The number of anilines is 1. The summed E-state index contributed by atoms with van der Waals surface area (Å²) in [6.45, 7) is 1.49. The summed E-state index contributed by atoms with van der Waals surface area (Å²) in [6.07, 6.45) is 0. The van der Waals surface area contributed by atoms with Crippen LogP contribution in [0.4, 0.5) is 5.69 Å². The average molecular weight is 385 g/mol. The predicted molar refractivity (Wildman–Crippen MR) is 93.9 cm³/mol. The van der Waals surface area contributed by atoms with Crippen molar-refractivity contribution in [2.45, 2.75) is 12.5 Å². The monoisotopic (exact) mass is 383 g/mol. The van der Waals surface area contributed by atoms with E-state index in [1.165, 1.54) is 19.1 Å². The van der Waals surface area contributed by atoms with Crippen LogP contribution in [0, 0.1) is 5.92 Å². The van der Waals surface area contributed by atoms with Gasteiger partial charge in [0.2, 0.25) is 0 Å². The second-order valence-corrected chi connectivity index (χ2v) is 6.90. The van der Waals surface area contributed by atoms with Crippen molar-refractivity contribution < 1.29 is 14.7 Å². The summed E-state index contributed by atoms with van der Waals surface area (Å²) >= 11 is 17.9. The molecule has 4 nitrogen and oxygen atoms in total. The molecule has 0 fully saturated rings. The molecule has 0 bridgehead atoms. The van der Waals surface area contributed by atoms with Crippen LogP contribution in [0.25, 0.3) is 0 Å². The second kappa shape index (κ2) is 6.05. The maximum absolute atomic E-state index is 12.7. The number of benzene rings is 2. The topological polar surface area (TPSA) is 66.4 Å². The van der Waals surface area contributed by atoms with Gasteiger partial charge in [-0.15, -0.1) is 0 Å². The highest BCUT2D eigenvalue weighted by Gasteiger charge is 2.52. The van der Waals surface area contributed by atoms with E-state index in [1.807, 2.05) is 0 Å². The summed E-state index contributed by atoms with van der Waals surface area (Å²) in [5, 5.41) is 14.5. The molecule has 3 rings (SSSR count). The number of aliphatic hydroxyl groups is 1. The first-order valence-electron chi connectivity index (χ1n) is 7.08. The van der Waals surface area contributed by atoms with Crippen molar-refractivity contribution in [1.29, 1.82) is 0 Å². The lowest BCUT2D eigenvalue weighted by atomic mass is 9.79. The molecule has 0 saturated carbocycles. The number of hydrogen-bond acceptors (Lipinski definition) is 3. The summed E-state index contributed by atoms with van der Waals surface area (Å²) in [7, 11) is 0. The van der Waals surface area contributed by atoms with Gasteiger partial charge in [0, 0.05) is 21.2 Å². The smallest absolute Gasteiger partial charge is 0.261 e. The summed E-state index contributed by atoms with van der Waals surface area (Å²) in [6, 6.07) is 9.13. The van der Waals surface area contributed by atoms with Crippen molar-refractivity contribution in [2.75, 3.05) is 5.32 Å². The molecular formula is C17H12Cl3NO3. The van der Waals surface area contributed by atoms with Gasteiger partial charge < -0.3 is 10.4 Å². The Morgan fingerprint density at radius 3 is 2.38 bits per heavy atom. The van der Waals surface area contributed by atoms with Crippen LogP contribution in [0.1, 0.15) is 22.8 Å². The van der Waals surface area contributed by atoms with E-state index in [1.54, 1.807) is 24.3 Å². The SMILES string of the molecule is CC(C(=O)c1ccc(Cl)cc1)C1(O)C(=O)Nc2c(Cl)cc(Cl)cc21. The van der Waals surface area contributed by atoms with E-state index in [9.17, 15) is 14.7 Å². The number of carbonyl (C=O) groups excluding carboxylic acids is 2. The first-order valence-corrected chi connectivity index (χ1v) is 8.21. The van der Waals surface area contributed by atoms with Gasteiger partial charge in [-0.1, -0.05) is 41.7 Å². The van der Waals surface area contributed by atoms with Crippen LogP contribution in [-0.2, 0) is 10.4 Å². The Balaban J connectivity index is 2.06. The fourth-order valence-electron chi connectivity index (χ4n) is 2.82. The molecule has 2 aromatic carbocycles. The number of rotatable bonds is 3. The summed E-state index contributed by atoms with van der Waals surface area (Å²) in [5.74, 6) is -2.15. The van der Waals surface area contributed by atoms with Crippen molar-refractivity contribution in [2.24, 2.45) is 5.92 Å². The van der Waals surface area contributed by atoms with Gasteiger partial charge in [0.25, 0.3) is 5.91 Å². The minimum absolute atomic E-state index is 0.194. The second-order valence-electron chi connectivity index (χ2n) is 5.62. The molecule has 7 heteroatoms. The molecule has 2 aromatic rings. The highest BCUT2D eigenvalue weighted by atomic mass is 35.5. The zero-order valence-corrected chi connectivity index (χ0v) is 14.7. The Labute approximate surface area is 153 Å². The van der Waals surface area contributed by atoms with Gasteiger partial charge in [-0.3, -0.25) is 9.59 Å². The number of ketones is 1. The lowest BCUT2D eigenvalue weighted by Gasteiger charge is -2.27. The molecule has 0 spiro atoms. The summed E-state index contributed by atoms with van der Waals surface area (Å²) in [5.41, 5.74) is -1.25. The molecule has 24 heavy (non-hydrogen) atoms. The van der Waals surface area contributed by atoms with Crippen LogP contribution in [0.2, 0.25) is 15.1 Å². The third-order valence-corrected chi connectivity index (χ3v) is 4.97. The van der Waals surface area contributed by atoms with Gasteiger partial charge in [0.15, 0.2) is 11.4 Å². The average Bonchev–Trinajstić information content (AvgIpc) is 2.80. The van der Waals surface area contributed by atoms with Gasteiger partial charge in [-0.25, -0.2) is 0 Å². The normalized spacial score (nSPS) is 20.5. The molecule has 124 valence electrons. The first kappa shape index (κ1) is 17.2. The molecule has 0 aliphatic carbocycles. The van der Waals surface area contributed by atoms with E-state index < -0.39 is 23.2 Å². The van der Waals surface area contributed by atoms with Crippen LogP contribution in [0.3, 0.4) is 0 Å². The molecule has 2 atom stereocenters. The van der Waals surface area contributed by atoms with E-state index in [4.69, 9.17) is 34.8 Å². The van der Waals surface area contributed by atoms with Crippen molar-refractivity contribution in [3.05, 3.63) is 62.6 Å². The number of hydrogen-bond donors (Lipinski definition) is 2. The fourth-order valence-corrected chi connectivity index (χ4v) is 3.48. The van der Waals surface area contributed by atoms with Gasteiger partial charge in [0.1, 0.15) is 0 Å². The van der Waals surface area contributed by atoms with Crippen molar-refractivity contribution >= 4 is 52.2 Å². The molecule has 0 aromatic heterocycles. The van der Waals surface area contributed by atoms with Crippen molar-refractivity contribution in [1.82, 2.24) is 0 Å². The van der Waals surface area contributed by atoms with E-state index in [0.29, 0.717) is 10.6 Å². The Bertz CT molecular complexity index is 851. The Morgan fingerprint density at radius 2 is 1.75 bits per heavy atom. The van der Waals surface area contributed by atoms with Crippen molar-refractivity contribution in [3.8, 4) is 0 Å². The molecule has 1 aliphatic rings. The molecule has 0 radical (unpaired) electrons. The number of halogens is 3. The third kappa shape index (κ3) is 2.60. The molecule has 2 N–H and O–H groups in total. The number of fused-ring (bicyclic) bond motifs is 1. The minimum Gasteiger partial charge on any atom is -0.375 e. The van der Waals surface area contributed by atoms with Crippen molar-refractivity contribution in [3.63, 3.8) is 0 Å². The van der Waals surface area contributed by atoms with Gasteiger partial charge in [-0.2, -0.15) is 0 Å². The zero-order chi connectivity index (χ0) is 17.6. The zero-order valence-electron chi connectivity index (χ0n) is 12.4. The third-order valence-electron chi connectivity index (χ3n) is 4.20. The first-order chi connectivity index (χ1) is 11.2. The number of carbonyl (C=O) groups is 2. The Morgan fingerprint density at radius 1 is 1.12 bits per heavy atom. The minimum atomic E-state index is -2.05. The van der Waals surface area contributed by atoms with Gasteiger partial charge in [-0.05, 0) is 36.4 Å². The number of nitrogens with one attached hydrogen (secondary N) is 1. The van der Waals surface area contributed by atoms with E-state index in [2.05, 4.69) is 5.32 Å². The highest BCUT2D eigenvalue weighted by molar-refractivity contribution is 6.38. The molecule has 0 saturated heterocycles. The van der Waals surface area contributed by atoms with E-state index >= 15 is 0 Å².